The minimum atomic E-state index is -1.50. The number of aryl methyl sites for hydroxylation is 2. The summed E-state index contributed by atoms with van der Waals surface area (Å²) in [7, 11) is -4.07. The second-order valence-electron chi connectivity index (χ2n) is 27.5. The molecular weight excluding hydrogens is 1680 g/mol. The molecule has 0 aliphatic heterocycles. The molecule has 0 spiro atoms. The van der Waals surface area contributed by atoms with Gasteiger partial charge < -0.3 is 38.7 Å². The summed E-state index contributed by atoms with van der Waals surface area (Å²) in [6.45, 7) is 26.2. The molecule has 0 aliphatic rings. The molecule has 0 radical (unpaired) electrons. The van der Waals surface area contributed by atoms with E-state index >= 15 is 0 Å². The Balaban J connectivity index is 0.000000310. The highest BCUT2D eigenvalue weighted by atomic mass is 35.5. The Morgan fingerprint density at radius 1 is 0.468 bits per heavy atom. The molecule has 0 atom stereocenters. The van der Waals surface area contributed by atoms with Crippen LogP contribution in [0, 0.1) is 92.4 Å². The predicted octanol–water partition coefficient (Wildman–Crippen LogP) is 15.9. The van der Waals surface area contributed by atoms with Crippen LogP contribution in [0.5, 0.6) is 0 Å². The number of halogens is 3. The van der Waals surface area contributed by atoms with Crippen LogP contribution in [-0.2, 0) is 25.9 Å². The largest absolute Gasteiger partial charge is 0.488 e. The molecule has 126 heavy (non-hydrogen) atoms. The van der Waals surface area contributed by atoms with E-state index in [1.165, 1.54) is 36.9 Å². The lowest BCUT2D eigenvalue weighted by molar-refractivity contribution is 0.425. The van der Waals surface area contributed by atoms with Gasteiger partial charge in [-0.25, -0.2) is 54.5 Å². The second-order valence-corrected chi connectivity index (χ2v) is 38.1. The second kappa shape index (κ2) is 54.1. The van der Waals surface area contributed by atoms with Crippen molar-refractivity contribution in [2.45, 2.75) is 113 Å². The van der Waals surface area contributed by atoms with Crippen molar-refractivity contribution in [2.75, 3.05) is 28.7 Å². The maximum absolute atomic E-state index is 9.11. The monoisotopic (exact) mass is 1770 g/mol. The summed E-state index contributed by atoms with van der Waals surface area (Å²) in [5.41, 5.74) is 53.9. The highest BCUT2D eigenvalue weighted by molar-refractivity contribution is 6.84. The molecular formula is C89H91BCl3N29O2Si2. The molecule has 0 saturated carbocycles. The first kappa shape index (κ1) is 103. The number of nitriles is 5. The quantitative estimate of drug-likeness (QED) is 0.0114. The highest BCUT2D eigenvalue weighted by Crippen LogP contribution is 2.25. The number of pyridine rings is 3. The minimum Gasteiger partial charge on any atom is -0.423 e. The number of nitrogens with zero attached hydrogens (tertiary/aromatic N) is 24. The van der Waals surface area contributed by atoms with E-state index < -0.39 is 23.3 Å². The van der Waals surface area contributed by atoms with Crippen LogP contribution in [0.15, 0.2) is 194 Å². The fourth-order valence-corrected chi connectivity index (χ4v) is 10.4. The number of terminal acetylenes is 2. The SMILES string of the molecule is C#C[Si](C)(C)C.C#Cc1cc(N)nc(-c2cncc(C#N)c2)n1.CC.CCC.CCc1cccc(CN=[N+]=[N-])n1.CCc1cccc(Cn2cc(-c3cc(N)nc(-c4cccc(C#N)c4)n3)nn2)n1.C[Si](C)(C)C#Cc1cc(N)nc(-c2cccc(C#N)c2)n1.N#Cc1cccc(-c2nc(N)cc(Cl)n2)c1.N#Cc1cccc(B(O)O)c1.Nc1cc(Cl)nc(Cl)n1. The van der Waals surface area contributed by atoms with Gasteiger partial charge in [0.05, 0.1) is 82.8 Å². The summed E-state index contributed by atoms with van der Waals surface area (Å²) in [5, 5.41) is 73.9. The van der Waals surface area contributed by atoms with Gasteiger partial charge in [0.2, 0.25) is 5.28 Å². The summed E-state index contributed by atoms with van der Waals surface area (Å²) in [5.74, 6) is 8.74. The van der Waals surface area contributed by atoms with Gasteiger partial charge in [-0.05, 0) is 114 Å². The smallest absolute Gasteiger partial charge is 0.423 e. The molecule has 31 nitrogen and oxygen atoms in total. The normalized spacial score (nSPS) is 9.67. The lowest BCUT2D eigenvalue weighted by Gasteiger charge is -2.05. The average Bonchev–Trinajstić information content (AvgIpc) is 1.36. The van der Waals surface area contributed by atoms with Crippen molar-refractivity contribution in [1.29, 1.82) is 26.3 Å². The Hall–Kier alpha value is -15.4. The number of benzene rings is 4. The molecule has 0 saturated heterocycles. The van der Waals surface area contributed by atoms with Gasteiger partial charge in [-0.2, -0.15) is 26.3 Å². The van der Waals surface area contributed by atoms with Crippen LogP contribution in [0.2, 0.25) is 54.9 Å². The van der Waals surface area contributed by atoms with E-state index in [4.69, 9.17) is 118 Å². The third-order valence-corrected chi connectivity index (χ3v) is 17.1. The van der Waals surface area contributed by atoms with Crippen LogP contribution in [-0.4, -0.2) is 113 Å². The van der Waals surface area contributed by atoms with Crippen molar-refractivity contribution in [3.05, 3.63) is 276 Å². The minimum absolute atomic E-state index is 0.0694. The first-order valence-corrected chi connectivity index (χ1v) is 46.5. The Labute approximate surface area is 750 Å². The molecule has 13 rings (SSSR count). The Morgan fingerprint density at radius 3 is 1.34 bits per heavy atom. The first-order chi connectivity index (χ1) is 60.2. The number of azide groups is 1. The summed E-state index contributed by atoms with van der Waals surface area (Å²) in [4.78, 5) is 56.4. The Morgan fingerprint density at radius 2 is 0.881 bits per heavy atom. The summed E-state index contributed by atoms with van der Waals surface area (Å²) in [6.07, 6.45) is 18.2. The van der Waals surface area contributed by atoms with Crippen molar-refractivity contribution < 1.29 is 10.0 Å². The molecule has 0 unspecified atom stereocenters. The zero-order valence-electron chi connectivity index (χ0n) is 71.3. The van der Waals surface area contributed by atoms with E-state index in [0.29, 0.717) is 127 Å². The van der Waals surface area contributed by atoms with Gasteiger partial charge in [-0.15, -0.1) is 29.0 Å². The van der Waals surface area contributed by atoms with Gasteiger partial charge in [0.15, 0.2) is 23.3 Å². The van der Waals surface area contributed by atoms with Crippen molar-refractivity contribution in [3.8, 4) is 123 Å². The predicted molar refractivity (Wildman–Crippen MR) is 502 cm³/mol. The molecule has 4 aromatic carbocycles. The molecule has 0 bridgehead atoms. The zero-order valence-corrected chi connectivity index (χ0v) is 75.6. The molecule has 0 amide bonds. The number of anilines is 5. The number of aromatic nitrogens is 16. The number of hydrogen-bond donors (Lipinski definition) is 7. The van der Waals surface area contributed by atoms with Gasteiger partial charge in [-0.3, -0.25) is 15.0 Å². The molecule has 13 aromatic rings. The summed E-state index contributed by atoms with van der Waals surface area (Å²) < 4.78 is 1.71. The van der Waals surface area contributed by atoms with Crippen molar-refractivity contribution >= 4 is 92.6 Å². The van der Waals surface area contributed by atoms with Crippen LogP contribution >= 0.6 is 34.8 Å². The van der Waals surface area contributed by atoms with Gasteiger partial charge in [0, 0.05) is 87.0 Å². The maximum Gasteiger partial charge on any atom is 0.488 e. The fourth-order valence-electron chi connectivity index (χ4n) is 9.24. The lowest BCUT2D eigenvalue weighted by Crippen LogP contribution is -2.29. The molecule has 9 heterocycles. The molecule has 0 fully saturated rings. The van der Waals surface area contributed by atoms with Crippen molar-refractivity contribution in [3.63, 3.8) is 0 Å². The highest BCUT2D eigenvalue weighted by Gasteiger charge is 2.16. The van der Waals surface area contributed by atoms with Crippen LogP contribution in [0.4, 0.5) is 29.1 Å². The Kier molecular flexibility index (Phi) is 44.2. The van der Waals surface area contributed by atoms with Gasteiger partial charge in [0.25, 0.3) is 0 Å². The number of rotatable bonds is 12. The van der Waals surface area contributed by atoms with E-state index in [2.05, 4.69) is 180 Å². The van der Waals surface area contributed by atoms with E-state index in [9.17, 15) is 0 Å². The zero-order chi connectivity index (χ0) is 93.3. The van der Waals surface area contributed by atoms with Gasteiger partial charge >= 0.3 is 7.12 Å². The average molecular weight is 1770 g/mol. The first-order valence-electron chi connectivity index (χ1n) is 38.4. The van der Waals surface area contributed by atoms with E-state index in [1.54, 1.807) is 114 Å². The van der Waals surface area contributed by atoms with Crippen molar-refractivity contribution in [1.82, 2.24) is 79.8 Å². The number of hydrogen-bond acceptors (Lipinski definition) is 28. The van der Waals surface area contributed by atoms with Crippen LogP contribution < -0.4 is 34.1 Å². The standard InChI is InChI=1S/C21H18N8.C16H16N4Si.C12H7N5.C11H7ClN4.C8H10N4.C7H6BNO2.C5H10Si.C4H3Cl2N3.C3H8.C2H6/c1-2-16-7-4-8-17(24-16)12-29-13-19(27-28-29)18-10-20(23)26-21(25-18)15-6-3-5-14(9-15)11-22;1-21(2,3)8-7-14-10-15(18)20-16(19-14)13-6-4-5-12(9-13)11-17;1-2-10-4-11(14)17-12(16-10)9-3-8(5-13)6-15-7-9;12-9-5-10(14)16-11(15-9)8-3-1-2-7(4-8)6-13;1-2-7-4-3-5-8(11-7)6-10-12-9;9-5-6-2-1-3-7(4-6)8(10)11;1-5-6(2,3)4;5-2-1-3(7)9-4(6)8-2;1-3-2;1-2/h3-10,13H,2,12H2,1H3,(H2,23,25,26);4-6,9-10H,1-3H3,(H2,18,19,20);1,3-4,6-7H,(H2,14,16,17);1-5H,(H2,14,15,16);3-5H,2,6H2,1H3;1-4,10-11H;1H,2-4H3;1H,(H2,7,8,9);3H2,1-2H3;1-2H3. The van der Waals surface area contributed by atoms with E-state index in [-0.39, 0.29) is 27.2 Å². The van der Waals surface area contributed by atoms with Crippen LogP contribution in [0.1, 0.15) is 110 Å². The van der Waals surface area contributed by atoms with Crippen LogP contribution in [0.3, 0.4) is 0 Å². The topological polar surface area (TPSA) is 537 Å². The number of nitrogen functional groups attached to an aromatic ring is 5. The van der Waals surface area contributed by atoms with Crippen LogP contribution in [0.25, 0.3) is 67.4 Å². The molecule has 636 valence electrons. The summed E-state index contributed by atoms with van der Waals surface area (Å²) in [6, 6.07) is 58.5. The van der Waals surface area contributed by atoms with Gasteiger partial charge in [0.1, 0.15) is 78.7 Å². The lowest BCUT2D eigenvalue weighted by atomic mass is 9.80. The van der Waals surface area contributed by atoms with Gasteiger partial charge in [-0.1, -0.05) is 193 Å². The molecule has 9 aromatic heterocycles. The number of nitrogens with two attached hydrogens (primary N) is 5. The van der Waals surface area contributed by atoms with E-state index in [0.717, 1.165) is 41.2 Å². The molecule has 12 N–H and O–H groups in total. The molecule has 0 aliphatic carbocycles. The fraction of sp³-hybridized carbons (Fsp3) is 0.191. The molecule has 37 heteroatoms. The maximum atomic E-state index is 9.11. The van der Waals surface area contributed by atoms with E-state index in [1.807, 2.05) is 87.5 Å². The Bertz CT molecular complexity index is 6150. The van der Waals surface area contributed by atoms with Crippen molar-refractivity contribution in [2.24, 2.45) is 5.11 Å². The third-order valence-electron chi connectivity index (χ3n) is 14.8. The summed E-state index contributed by atoms with van der Waals surface area (Å²) >= 11 is 16.6. The third kappa shape index (κ3) is 38.5.